The van der Waals surface area contributed by atoms with Gasteiger partial charge in [-0.25, -0.2) is 9.37 Å². The fourth-order valence-corrected chi connectivity index (χ4v) is 2.76. The Morgan fingerprint density at radius 2 is 1.96 bits per heavy atom. The zero-order valence-corrected chi connectivity index (χ0v) is 16.0. The van der Waals surface area contributed by atoms with E-state index in [1.165, 1.54) is 18.3 Å². The van der Waals surface area contributed by atoms with Gasteiger partial charge in [-0.05, 0) is 54.4 Å². The van der Waals surface area contributed by atoms with Crippen molar-refractivity contribution in [3.05, 3.63) is 82.9 Å². The normalized spacial score (nSPS) is 10.4. The lowest BCUT2D eigenvalue weighted by atomic mass is 10.1. The van der Waals surface area contributed by atoms with Crippen LogP contribution in [-0.2, 0) is 6.42 Å². The van der Waals surface area contributed by atoms with Gasteiger partial charge in [0.2, 0.25) is 0 Å². The minimum absolute atomic E-state index is 0.0324. The number of nitrogens with zero attached hydrogens (tertiary/aromatic N) is 1. The molecule has 0 spiro atoms. The molecule has 0 bridgehead atoms. The molecule has 3 rings (SSSR count). The number of benzene rings is 2. The SMILES string of the molecule is COc1cccc(CCNC(=O)c2ccc(Nc3ccc(F)c(Cl)c3)cn2)c1. The lowest BCUT2D eigenvalue weighted by molar-refractivity contribution is 0.0949. The third kappa shape index (κ3) is 5.20. The van der Waals surface area contributed by atoms with E-state index in [0.717, 1.165) is 11.3 Å². The van der Waals surface area contributed by atoms with Gasteiger partial charge in [0.15, 0.2) is 0 Å². The summed E-state index contributed by atoms with van der Waals surface area (Å²) in [4.78, 5) is 16.4. The van der Waals surface area contributed by atoms with Crippen molar-refractivity contribution < 1.29 is 13.9 Å². The first-order valence-corrected chi connectivity index (χ1v) is 9.02. The second-order valence-corrected chi connectivity index (χ2v) is 6.45. The van der Waals surface area contributed by atoms with E-state index in [4.69, 9.17) is 16.3 Å². The molecule has 7 heteroatoms. The van der Waals surface area contributed by atoms with E-state index in [0.29, 0.717) is 30.0 Å². The molecule has 144 valence electrons. The molecule has 1 heterocycles. The van der Waals surface area contributed by atoms with Gasteiger partial charge < -0.3 is 15.4 Å². The number of amides is 1. The van der Waals surface area contributed by atoms with E-state index in [1.807, 2.05) is 24.3 Å². The molecule has 5 nitrogen and oxygen atoms in total. The van der Waals surface area contributed by atoms with Gasteiger partial charge >= 0.3 is 0 Å². The standard InChI is InChI=1S/C21H19ClFN3O2/c1-28-17-4-2-3-14(11-17)9-10-24-21(27)20-8-6-16(13-25-20)26-15-5-7-19(23)18(22)12-15/h2-8,11-13,26H,9-10H2,1H3,(H,24,27). The first-order valence-electron chi connectivity index (χ1n) is 8.64. The quantitative estimate of drug-likeness (QED) is 0.609. The second kappa shape index (κ2) is 9.19. The van der Waals surface area contributed by atoms with Crippen LogP contribution in [0.5, 0.6) is 5.75 Å². The highest BCUT2D eigenvalue weighted by atomic mass is 35.5. The zero-order chi connectivity index (χ0) is 19.9. The highest BCUT2D eigenvalue weighted by Gasteiger charge is 2.07. The monoisotopic (exact) mass is 399 g/mol. The molecule has 1 aromatic heterocycles. The summed E-state index contributed by atoms with van der Waals surface area (Å²) in [5.41, 5.74) is 2.68. The lowest BCUT2D eigenvalue weighted by Gasteiger charge is -2.09. The van der Waals surface area contributed by atoms with E-state index < -0.39 is 5.82 Å². The molecule has 28 heavy (non-hydrogen) atoms. The van der Waals surface area contributed by atoms with E-state index in [2.05, 4.69) is 15.6 Å². The molecular formula is C21H19ClFN3O2. The van der Waals surface area contributed by atoms with E-state index >= 15 is 0 Å². The van der Waals surface area contributed by atoms with Crippen LogP contribution in [0.15, 0.2) is 60.8 Å². The van der Waals surface area contributed by atoms with Crippen LogP contribution < -0.4 is 15.4 Å². The molecule has 3 aromatic rings. The number of pyridine rings is 1. The van der Waals surface area contributed by atoms with Crippen molar-refractivity contribution >= 4 is 28.9 Å². The Morgan fingerprint density at radius 1 is 1.14 bits per heavy atom. The Labute approximate surface area is 167 Å². The number of carbonyl (C=O) groups is 1. The van der Waals surface area contributed by atoms with E-state index in [-0.39, 0.29) is 10.9 Å². The number of hydrogen-bond donors (Lipinski definition) is 2. The van der Waals surface area contributed by atoms with Crippen molar-refractivity contribution in [2.24, 2.45) is 0 Å². The molecule has 0 aliphatic rings. The molecule has 0 saturated heterocycles. The smallest absolute Gasteiger partial charge is 0.269 e. The van der Waals surface area contributed by atoms with Gasteiger partial charge in [0, 0.05) is 12.2 Å². The lowest BCUT2D eigenvalue weighted by Crippen LogP contribution is -2.26. The summed E-state index contributed by atoms with van der Waals surface area (Å²) in [6.45, 7) is 0.488. The zero-order valence-electron chi connectivity index (χ0n) is 15.2. The van der Waals surface area contributed by atoms with Crippen molar-refractivity contribution in [3.63, 3.8) is 0 Å². The van der Waals surface area contributed by atoms with Gasteiger partial charge in [-0.3, -0.25) is 4.79 Å². The minimum Gasteiger partial charge on any atom is -0.497 e. The highest BCUT2D eigenvalue weighted by molar-refractivity contribution is 6.31. The van der Waals surface area contributed by atoms with Crippen LogP contribution in [0, 0.1) is 5.82 Å². The molecule has 0 saturated carbocycles. The Kier molecular flexibility index (Phi) is 6.45. The Hall–Kier alpha value is -3.12. The molecule has 0 atom stereocenters. The van der Waals surface area contributed by atoms with Crippen LogP contribution in [0.2, 0.25) is 5.02 Å². The number of anilines is 2. The second-order valence-electron chi connectivity index (χ2n) is 6.04. The summed E-state index contributed by atoms with van der Waals surface area (Å²) in [5.74, 6) is 0.0570. The predicted octanol–water partition coefficient (Wildman–Crippen LogP) is 4.60. The number of methoxy groups -OCH3 is 1. The van der Waals surface area contributed by atoms with Gasteiger partial charge in [0.25, 0.3) is 5.91 Å². The van der Waals surface area contributed by atoms with E-state index in [9.17, 15) is 9.18 Å². The van der Waals surface area contributed by atoms with Gasteiger partial charge in [0.1, 0.15) is 17.3 Å². The van der Waals surface area contributed by atoms with Gasteiger partial charge in [-0.2, -0.15) is 0 Å². The summed E-state index contributed by atoms with van der Waals surface area (Å²) in [7, 11) is 1.62. The van der Waals surface area contributed by atoms with Crippen LogP contribution in [0.3, 0.4) is 0 Å². The van der Waals surface area contributed by atoms with Crippen molar-refractivity contribution in [1.82, 2.24) is 10.3 Å². The van der Waals surface area contributed by atoms with Crippen molar-refractivity contribution in [1.29, 1.82) is 0 Å². The van der Waals surface area contributed by atoms with Crippen LogP contribution >= 0.6 is 11.6 Å². The Morgan fingerprint density at radius 3 is 2.68 bits per heavy atom. The summed E-state index contributed by atoms with van der Waals surface area (Å²) in [6.07, 6.45) is 2.22. The van der Waals surface area contributed by atoms with Crippen molar-refractivity contribution in [2.45, 2.75) is 6.42 Å². The first kappa shape index (κ1) is 19.6. The Bertz CT molecular complexity index is 964. The van der Waals surface area contributed by atoms with Gasteiger partial charge in [0.05, 0.1) is 24.0 Å². The third-order valence-electron chi connectivity index (χ3n) is 4.04. The predicted molar refractivity (Wildman–Crippen MR) is 108 cm³/mol. The first-order chi connectivity index (χ1) is 13.5. The highest BCUT2D eigenvalue weighted by Crippen LogP contribution is 2.22. The fraction of sp³-hybridized carbons (Fsp3) is 0.143. The topological polar surface area (TPSA) is 63.2 Å². The number of ether oxygens (including phenoxy) is 1. The number of halogens is 2. The van der Waals surface area contributed by atoms with Gasteiger partial charge in [-0.15, -0.1) is 0 Å². The van der Waals surface area contributed by atoms with Crippen LogP contribution in [0.25, 0.3) is 0 Å². The maximum Gasteiger partial charge on any atom is 0.269 e. The third-order valence-corrected chi connectivity index (χ3v) is 4.33. The van der Waals surface area contributed by atoms with Crippen LogP contribution in [-0.4, -0.2) is 24.5 Å². The van der Waals surface area contributed by atoms with Gasteiger partial charge in [-0.1, -0.05) is 23.7 Å². The molecule has 0 aliphatic heterocycles. The molecule has 2 aromatic carbocycles. The molecule has 2 N–H and O–H groups in total. The maximum absolute atomic E-state index is 13.2. The summed E-state index contributed by atoms with van der Waals surface area (Å²) < 4.78 is 18.4. The molecule has 0 fully saturated rings. The number of hydrogen-bond acceptors (Lipinski definition) is 4. The number of aromatic nitrogens is 1. The average molecular weight is 400 g/mol. The molecule has 0 aliphatic carbocycles. The summed E-state index contributed by atoms with van der Waals surface area (Å²) >= 11 is 5.77. The molecule has 1 amide bonds. The van der Waals surface area contributed by atoms with Crippen LogP contribution in [0.1, 0.15) is 16.1 Å². The number of nitrogens with one attached hydrogen (secondary N) is 2. The largest absolute Gasteiger partial charge is 0.497 e. The number of carbonyl (C=O) groups excluding carboxylic acids is 1. The molecule has 0 radical (unpaired) electrons. The fourth-order valence-electron chi connectivity index (χ4n) is 2.58. The van der Waals surface area contributed by atoms with Crippen molar-refractivity contribution in [2.75, 3.05) is 19.0 Å². The summed E-state index contributed by atoms with van der Waals surface area (Å²) in [5, 5.41) is 5.93. The summed E-state index contributed by atoms with van der Waals surface area (Å²) in [6, 6.07) is 15.4. The van der Waals surface area contributed by atoms with E-state index in [1.54, 1.807) is 25.3 Å². The minimum atomic E-state index is -0.480. The average Bonchev–Trinajstić information content (AvgIpc) is 2.71. The number of rotatable bonds is 7. The van der Waals surface area contributed by atoms with Crippen LogP contribution in [0.4, 0.5) is 15.8 Å². The Balaban J connectivity index is 1.53. The molecule has 0 unspecified atom stereocenters. The maximum atomic E-state index is 13.2. The molecular weight excluding hydrogens is 381 g/mol. The van der Waals surface area contributed by atoms with Crippen molar-refractivity contribution in [3.8, 4) is 5.75 Å².